The van der Waals surface area contributed by atoms with Crippen LogP contribution in [0.25, 0.3) is 0 Å². The van der Waals surface area contributed by atoms with Crippen LogP contribution >= 0.6 is 0 Å². The largest absolute Gasteiger partial charge is 0.481 e. The van der Waals surface area contributed by atoms with E-state index in [2.05, 4.69) is 0 Å². The van der Waals surface area contributed by atoms with E-state index in [1.54, 1.807) is 0 Å². The Hall–Kier alpha value is -2.30. The lowest BCUT2D eigenvalue weighted by Crippen LogP contribution is -2.15. The van der Waals surface area contributed by atoms with Gasteiger partial charge in [0.1, 0.15) is 17.5 Å². The number of rotatable bonds is 4. The molecule has 0 amide bonds. The molecular weight excluding hydrogens is 269 g/mol. The quantitative estimate of drug-likeness (QED) is 0.930. The molecule has 0 fully saturated rings. The summed E-state index contributed by atoms with van der Waals surface area (Å²) in [6, 6.07) is 8.01. The van der Waals surface area contributed by atoms with Crippen molar-refractivity contribution in [2.24, 2.45) is 0 Å². The molecule has 104 valence electrons. The van der Waals surface area contributed by atoms with Crippen molar-refractivity contribution in [3.63, 3.8) is 0 Å². The maximum absolute atomic E-state index is 13.1. The molecule has 0 aromatic heterocycles. The summed E-state index contributed by atoms with van der Waals surface area (Å²) in [4.78, 5) is 11.3. The fourth-order valence-electron chi connectivity index (χ4n) is 2.04. The summed E-state index contributed by atoms with van der Waals surface area (Å²) in [6.45, 7) is 0. The minimum atomic E-state index is -1.18. The minimum absolute atomic E-state index is 0.118. The van der Waals surface area contributed by atoms with Crippen LogP contribution in [-0.2, 0) is 11.2 Å². The molecule has 0 aliphatic carbocycles. The highest BCUT2D eigenvalue weighted by Crippen LogP contribution is 2.23. The van der Waals surface area contributed by atoms with Gasteiger partial charge in [-0.05, 0) is 41.8 Å². The van der Waals surface area contributed by atoms with E-state index in [4.69, 9.17) is 0 Å². The molecule has 20 heavy (non-hydrogen) atoms. The van der Waals surface area contributed by atoms with Crippen molar-refractivity contribution >= 4 is 5.97 Å². The molecule has 2 aromatic rings. The van der Waals surface area contributed by atoms with Crippen LogP contribution in [0.2, 0.25) is 0 Å². The SMILES string of the molecule is O=C(O)C(Cc1cc(F)cc(F)c1)c1cccc(F)c1. The molecule has 0 radical (unpaired) electrons. The summed E-state index contributed by atoms with van der Waals surface area (Å²) in [5.41, 5.74) is 0.460. The van der Waals surface area contributed by atoms with Gasteiger partial charge in [-0.15, -0.1) is 0 Å². The number of benzene rings is 2. The smallest absolute Gasteiger partial charge is 0.311 e. The third kappa shape index (κ3) is 3.38. The van der Waals surface area contributed by atoms with Gasteiger partial charge < -0.3 is 5.11 Å². The van der Waals surface area contributed by atoms with Crippen molar-refractivity contribution in [2.75, 3.05) is 0 Å². The molecule has 0 bridgehead atoms. The van der Waals surface area contributed by atoms with Gasteiger partial charge in [0.25, 0.3) is 0 Å². The van der Waals surface area contributed by atoms with Gasteiger partial charge in [-0.1, -0.05) is 12.1 Å². The first kappa shape index (κ1) is 14.1. The first-order valence-electron chi connectivity index (χ1n) is 5.89. The minimum Gasteiger partial charge on any atom is -0.481 e. The van der Waals surface area contributed by atoms with Crippen molar-refractivity contribution in [3.8, 4) is 0 Å². The summed E-state index contributed by atoms with van der Waals surface area (Å²) >= 11 is 0. The third-order valence-electron chi connectivity index (χ3n) is 2.91. The van der Waals surface area contributed by atoms with Gasteiger partial charge >= 0.3 is 5.97 Å². The van der Waals surface area contributed by atoms with E-state index < -0.39 is 29.3 Å². The number of aliphatic carboxylic acids is 1. The standard InChI is InChI=1S/C15H11F3O2/c16-11-3-1-2-10(7-11)14(15(19)20)6-9-4-12(17)8-13(18)5-9/h1-5,7-8,14H,6H2,(H,19,20). The van der Waals surface area contributed by atoms with Gasteiger partial charge in [0.15, 0.2) is 0 Å². The Morgan fingerprint density at radius 3 is 2.20 bits per heavy atom. The lowest BCUT2D eigenvalue weighted by Gasteiger charge is -2.13. The summed E-state index contributed by atoms with van der Waals surface area (Å²) in [5, 5.41) is 9.21. The van der Waals surface area contributed by atoms with E-state index in [0.29, 0.717) is 6.07 Å². The van der Waals surface area contributed by atoms with Crippen molar-refractivity contribution in [1.29, 1.82) is 0 Å². The molecule has 0 heterocycles. The van der Waals surface area contributed by atoms with Gasteiger partial charge in [-0.2, -0.15) is 0 Å². The number of carbonyl (C=O) groups is 1. The van der Waals surface area contributed by atoms with E-state index in [9.17, 15) is 23.1 Å². The molecule has 1 atom stereocenters. The number of halogens is 3. The second kappa shape index (κ2) is 5.77. The Morgan fingerprint density at radius 2 is 1.65 bits per heavy atom. The van der Waals surface area contributed by atoms with Crippen LogP contribution in [0, 0.1) is 17.5 Å². The predicted molar refractivity (Wildman–Crippen MR) is 66.8 cm³/mol. The third-order valence-corrected chi connectivity index (χ3v) is 2.91. The van der Waals surface area contributed by atoms with E-state index in [1.165, 1.54) is 18.2 Å². The zero-order valence-electron chi connectivity index (χ0n) is 10.3. The number of hydrogen-bond donors (Lipinski definition) is 1. The summed E-state index contributed by atoms with van der Waals surface area (Å²) < 4.78 is 39.3. The molecule has 0 saturated carbocycles. The lowest BCUT2D eigenvalue weighted by atomic mass is 9.92. The molecular formula is C15H11F3O2. The van der Waals surface area contributed by atoms with Crippen molar-refractivity contribution in [1.82, 2.24) is 0 Å². The second-order valence-electron chi connectivity index (χ2n) is 4.43. The zero-order valence-corrected chi connectivity index (χ0v) is 10.3. The van der Waals surface area contributed by atoms with Crippen molar-refractivity contribution in [3.05, 3.63) is 71.0 Å². The molecule has 2 aromatic carbocycles. The maximum Gasteiger partial charge on any atom is 0.311 e. The van der Waals surface area contributed by atoms with Crippen molar-refractivity contribution < 1.29 is 23.1 Å². The van der Waals surface area contributed by atoms with Crippen LogP contribution in [0.3, 0.4) is 0 Å². The van der Waals surface area contributed by atoms with Gasteiger partial charge in [0, 0.05) is 6.07 Å². The molecule has 1 unspecified atom stereocenters. The fraction of sp³-hybridized carbons (Fsp3) is 0.133. The molecule has 1 N–H and O–H groups in total. The molecule has 0 spiro atoms. The van der Waals surface area contributed by atoms with Gasteiger partial charge in [0.05, 0.1) is 5.92 Å². The lowest BCUT2D eigenvalue weighted by molar-refractivity contribution is -0.138. The monoisotopic (exact) mass is 280 g/mol. The van der Waals surface area contributed by atoms with Crippen LogP contribution in [0.4, 0.5) is 13.2 Å². The average Bonchev–Trinajstić information content (AvgIpc) is 2.34. The molecule has 0 saturated heterocycles. The Labute approximate surface area is 113 Å². The fourth-order valence-corrected chi connectivity index (χ4v) is 2.04. The van der Waals surface area contributed by atoms with E-state index in [0.717, 1.165) is 18.2 Å². The zero-order chi connectivity index (χ0) is 14.7. The van der Waals surface area contributed by atoms with E-state index in [-0.39, 0.29) is 17.5 Å². The molecule has 0 aliphatic rings. The summed E-state index contributed by atoms with van der Waals surface area (Å²) in [5.74, 6) is -4.35. The first-order chi connectivity index (χ1) is 9.45. The topological polar surface area (TPSA) is 37.3 Å². The molecule has 5 heteroatoms. The summed E-state index contributed by atoms with van der Waals surface area (Å²) in [6.07, 6.45) is -0.118. The van der Waals surface area contributed by atoms with Gasteiger partial charge in [0.2, 0.25) is 0 Å². The van der Waals surface area contributed by atoms with E-state index in [1.807, 2.05) is 0 Å². The number of carboxylic acids is 1. The normalized spacial score (nSPS) is 12.2. The Kier molecular flexibility index (Phi) is 4.08. The first-order valence-corrected chi connectivity index (χ1v) is 5.89. The predicted octanol–water partition coefficient (Wildman–Crippen LogP) is 3.51. The van der Waals surface area contributed by atoms with Crippen LogP contribution in [0.1, 0.15) is 17.0 Å². The Morgan fingerprint density at radius 1 is 1.00 bits per heavy atom. The van der Waals surface area contributed by atoms with Gasteiger partial charge in [-0.25, -0.2) is 13.2 Å². The van der Waals surface area contributed by atoms with E-state index >= 15 is 0 Å². The highest BCUT2D eigenvalue weighted by atomic mass is 19.1. The summed E-state index contributed by atoms with van der Waals surface area (Å²) in [7, 11) is 0. The number of hydrogen-bond acceptors (Lipinski definition) is 1. The molecule has 2 rings (SSSR count). The molecule has 0 aliphatic heterocycles. The van der Waals surface area contributed by atoms with Crippen molar-refractivity contribution in [2.45, 2.75) is 12.3 Å². The van der Waals surface area contributed by atoms with Gasteiger partial charge in [-0.3, -0.25) is 4.79 Å². The number of carboxylic acid groups (broad SMARTS) is 1. The Bertz CT molecular complexity index is 621. The van der Waals surface area contributed by atoms with Crippen LogP contribution in [0.15, 0.2) is 42.5 Å². The second-order valence-corrected chi connectivity index (χ2v) is 4.43. The Balaban J connectivity index is 2.33. The average molecular weight is 280 g/mol. The van der Waals surface area contributed by atoms with Crippen LogP contribution < -0.4 is 0 Å². The maximum atomic E-state index is 13.1. The van der Waals surface area contributed by atoms with Crippen LogP contribution in [-0.4, -0.2) is 11.1 Å². The highest BCUT2D eigenvalue weighted by Gasteiger charge is 2.21. The van der Waals surface area contributed by atoms with Crippen LogP contribution in [0.5, 0.6) is 0 Å². The highest BCUT2D eigenvalue weighted by molar-refractivity contribution is 5.76. The molecule has 2 nitrogen and oxygen atoms in total.